The normalized spacial score (nSPS) is 34.0. The molecule has 100 valence electrons. The van der Waals surface area contributed by atoms with Crippen LogP contribution in [0.4, 0.5) is 0 Å². The molecule has 0 aromatic carbocycles. The number of hydrogen-bond acceptors (Lipinski definition) is 2. The molecule has 0 aliphatic heterocycles. The minimum absolute atomic E-state index is 0.668. The van der Waals surface area contributed by atoms with Crippen LogP contribution in [0.5, 0.6) is 0 Å². The molecular formula is C15H22ClNS. The first-order chi connectivity index (χ1) is 8.74. The molecule has 0 radical (unpaired) electrons. The van der Waals surface area contributed by atoms with Crippen LogP contribution in [-0.2, 0) is 0 Å². The summed E-state index contributed by atoms with van der Waals surface area (Å²) < 4.78 is 0.847. The standard InChI is InChI=1S/C15H22ClNS/c1-10-6-7-12(11-4-2-3-5-11)8-13(10)15-17-9-14(16)18-15/h9-13H,2-8H2,1H3. The Bertz CT molecular complexity index is 397. The van der Waals surface area contributed by atoms with Crippen LogP contribution in [-0.4, -0.2) is 4.98 Å². The van der Waals surface area contributed by atoms with Gasteiger partial charge >= 0.3 is 0 Å². The first-order valence-electron chi connectivity index (χ1n) is 7.35. The van der Waals surface area contributed by atoms with Crippen LogP contribution in [0.25, 0.3) is 0 Å². The van der Waals surface area contributed by atoms with Crippen molar-refractivity contribution in [2.75, 3.05) is 0 Å². The summed E-state index contributed by atoms with van der Waals surface area (Å²) in [6.07, 6.45) is 11.9. The summed E-state index contributed by atoms with van der Waals surface area (Å²) in [4.78, 5) is 4.54. The van der Waals surface area contributed by atoms with Crippen LogP contribution in [0.1, 0.15) is 62.8 Å². The molecule has 3 unspecified atom stereocenters. The largest absolute Gasteiger partial charge is 0.248 e. The molecule has 18 heavy (non-hydrogen) atoms. The van der Waals surface area contributed by atoms with E-state index in [4.69, 9.17) is 11.6 Å². The van der Waals surface area contributed by atoms with E-state index in [1.807, 2.05) is 6.20 Å². The summed E-state index contributed by atoms with van der Waals surface area (Å²) in [7, 11) is 0. The maximum Gasteiger partial charge on any atom is 0.113 e. The van der Waals surface area contributed by atoms with Crippen molar-refractivity contribution >= 4 is 22.9 Å². The lowest BCUT2D eigenvalue weighted by molar-refractivity contribution is 0.188. The van der Waals surface area contributed by atoms with E-state index < -0.39 is 0 Å². The van der Waals surface area contributed by atoms with Gasteiger partial charge < -0.3 is 0 Å². The first-order valence-corrected chi connectivity index (χ1v) is 8.54. The number of halogens is 1. The van der Waals surface area contributed by atoms with Gasteiger partial charge in [-0.05, 0) is 37.0 Å². The average Bonchev–Trinajstić information content (AvgIpc) is 3.01. The minimum Gasteiger partial charge on any atom is -0.248 e. The highest BCUT2D eigenvalue weighted by Gasteiger charge is 2.35. The fourth-order valence-electron chi connectivity index (χ4n) is 3.99. The lowest BCUT2D eigenvalue weighted by atomic mass is 9.70. The minimum atomic E-state index is 0.668. The van der Waals surface area contributed by atoms with Crippen molar-refractivity contribution in [1.82, 2.24) is 4.98 Å². The van der Waals surface area contributed by atoms with Gasteiger partial charge in [0.2, 0.25) is 0 Å². The van der Waals surface area contributed by atoms with Gasteiger partial charge in [0.05, 0.1) is 11.2 Å². The Hall–Kier alpha value is -0.0800. The molecule has 2 fully saturated rings. The Morgan fingerprint density at radius 3 is 2.61 bits per heavy atom. The number of thiazole rings is 1. The van der Waals surface area contributed by atoms with Crippen LogP contribution in [0.2, 0.25) is 4.34 Å². The van der Waals surface area contributed by atoms with Gasteiger partial charge in [-0.15, -0.1) is 11.3 Å². The van der Waals surface area contributed by atoms with Crippen LogP contribution in [0.15, 0.2) is 6.20 Å². The average molecular weight is 284 g/mol. The van der Waals surface area contributed by atoms with Crippen LogP contribution in [0, 0.1) is 17.8 Å². The fraction of sp³-hybridized carbons (Fsp3) is 0.800. The van der Waals surface area contributed by atoms with Gasteiger partial charge in [-0.2, -0.15) is 0 Å². The highest BCUT2D eigenvalue weighted by atomic mass is 35.5. The maximum atomic E-state index is 6.05. The zero-order chi connectivity index (χ0) is 12.5. The third-order valence-corrected chi connectivity index (χ3v) is 6.36. The summed E-state index contributed by atoms with van der Waals surface area (Å²) in [5.41, 5.74) is 0. The van der Waals surface area contributed by atoms with E-state index in [-0.39, 0.29) is 0 Å². The highest BCUT2D eigenvalue weighted by molar-refractivity contribution is 7.15. The van der Waals surface area contributed by atoms with Crippen LogP contribution < -0.4 is 0 Å². The molecule has 0 spiro atoms. The molecule has 1 aromatic heterocycles. The van der Waals surface area contributed by atoms with Crippen LogP contribution in [0.3, 0.4) is 0 Å². The molecule has 0 N–H and O–H groups in total. The Kier molecular flexibility index (Phi) is 3.95. The maximum absolute atomic E-state index is 6.05. The number of hydrogen-bond donors (Lipinski definition) is 0. The zero-order valence-electron chi connectivity index (χ0n) is 11.1. The smallest absolute Gasteiger partial charge is 0.113 e. The lowest BCUT2D eigenvalue weighted by Gasteiger charge is -2.36. The highest BCUT2D eigenvalue weighted by Crippen LogP contribution is 2.47. The van der Waals surface area contributed by atoms with Gasteiger partial charge in [-0.1, -0.05) is 44.2 Å². The topological polar surface area (TPSA) is 12.9 Å². The quantitative estimate of drug-likeness (QED) is 0.698. The van der Waals surface area contributed by atoms with E-state index in [1.165, 1.54) is 50.0 Å². The predicted octanol–water partition coefficient (Wildman–Crippen LogP) is 5.51. The van der Waals surface area contributed by atoms with E-state index in [0.717, 1.165) is 22.1 Å². The van der Waals surface area contributed by atoms with Gasteiger partial charge in [0, 0.05) is 5.92 Å². The predicted molar refractivity (Wildman–Crippen MR) is 78.3 cm³/mol. The van der Waals surface area contributed by atoms with E-state index in [0.29, 0.717) is 5.92 Å². The SMILES string of the molecule is CC1CCC(C2CCCC2)CC1c1ncc(Cl)s1. The molecule has 3 atom stereocenters. The van der Waals surface area contributed by atoms with E-state index in [1.54, 1.807) is 11.3 Å². The van der Waals surface area contributed by atoms with Crippen molar-refractivity contribution in [2.24, 2.45) is 17.8 Å². The number of rotatable bonds is 2. The second-order valence-corrected chi connectivity index (χ2v) is 7.90. The number of aromatic nitrogens is 1. The molecule has 2 aliphatic rings. The van der Waals surface area contributed by atoms with Crippen molar-refractivity contribution in [1.29, 1.82) is 0 Å². The van der Waals surface area contributed by atoms with Crippen molar-refractivity contribution in [3.8, 4) is 0 Å². The van der Waals surface area contributed by atoms with E-state index >= 15 is 0 Å². The Morgan fingerprint density at radius 1 is 1.17 bits per heavy atom. The summed E-state index contributed by atoms with van der Waals surface area (Å²) in [6, 6.07) is 0. The lowest BCUT2D eigenvalue weighted by Crippen LogP contribution is -2.25. The van der Waals surface area contributed by atoms with Crippen molar-refractivity contribution < 1.29 is 0 Å². The second kappa shape index (κ2) is 5.50. The summed E-state index contributed by atoms with van der Waals surface area (Å²) in [6.45, 7) is 2.39. The molecule has 0 bridgehead atoms. The molecule has 0 amide bonds. The summed E-state index contributed by atoms with van der Waals surface area (Å²) >= 11 is 7.74. The summed E-state index contributed by atoms with van der Waals surface area (Å²) in [5.74, 6) is 3.42. The molecule has 3 rings (SSSR count). The number of nitrogens with zero attached hydrogens (tertiary/aromatic N) is 1. The van der Waals surface area contributed by atoms with Gasteiger partial charge in [-0.25, -0.2) is 4.98 Å². The molecule has 3 heteroatoms. The van der Waals surface area contributed by atoms with Gasteiger partial charge in [0.25, 0.3) is 0 Å². The monoisotopic (exact) mass is 283 g/mol. The molecule has 1 aromatic rings. The Morgan fingerprint density at radius 2 is 1.94 bits per heavy atom. The van der Waals surface area contributed by atoms with Crippen molar-refractivity contribution in [3.63, 3.8) is 0 Å². The Labute approximate surface area is 119 Å². The fourth-order valence-corrected chi connectivity index (χ4v) is 5.17. The second-order valence-electron chi connectivity index (χ2n) is 6.20. The molecule has 1 nitrogen and oxygen atoms in total. The zero-order valence-corrected chi connectivity index (χ0v) is 12.6. The van der Waals surface area contributed by atoms with Gasteiger partial charge in [0.15, 0.2) is 0 Å². The third kappa shape index (κ3) is 2.60. The summed E-state index contributed by atoms with van der Waals surface area (Å²) in [5, 5.41) is 1.29. The van der Waals surface area contributed by atoms with Gasteiger partial charge in [0.1, 0.15) is 4.34 Å². The van der Waals surface area contributed by atoms with E-state index in [2.05, 4.69) is 11.9 Å². The van der Waals surface area contributed by atoms with E-state index in [9.17, 15) is 0 Å². The Balaban J connectivity index is 1.72. The molecular weight excluding hydrogens is 262 g/mol. The molecule has 1 heterocycles. The van der Waals surface area contributed by atoms with Crippen molar-refractivity contribution in [2.45, 2.75) is 57.8 Å². The molecule has 0 saturated heterocycles. The third-order valence-electron chi connectivity index (χ3n) is 5.12. The van der Waals surface area contributed by atoms with Crippen molar-refractivity contribution in [3.05, 3.63) is 15.5 Å². The van der Waals surface area contributed by atoms with Gasteiger partial charge in [-0.3, -0.25) is 0 Å². The first kappa shape index (κ1) is 12.9. The molecule has 2 saturated carbocycles. The van der Waals surface area contributed by atoms with Crippen LogP contribution >= 0.6 is 22.9 Å². The molecule has 2 aliphatic carbocycles.